The Morgan fingerprint density at radius 3 is 1.69 bits per heavy atom. The monoisotopic (exact) mass is 210 g/mol. The van der Waals surface area contributed by atoms with E-state index in [2.05, 4.69) is 0 Å². The maximum atomic E-state index is 5.36. The van der Waals surface area contributed by atoms with E-state index in [1.807, 2.05) is 6.92 Å². The first kappa shape index (κ1) is 11.2. The van der Waals surface area contributed by atoms with Gasteiger partial charge in [0.25, 0.3) is 0 Å². The van der Waals surface area contributed by atoms with E-state index in [0.717, 1.165) is 13.2 Å². The molecule has 0 aromatic carbocycles. The molecule has 0 radical (unpaired) electrons. The molecule has 0 amide bonds. The van der Waals surface area contributed by atoms with Crippen LogP contribution in [0.15, 0.2) is 0 Å². The number of ether oxygens (including phenoxy) is 4. The van der Waals surface area contributed by atoms with Crippen LogP contribution in [0.4, 0.5) is 0 Å². The second-order valence-electron chi connectivity index (χ2n) is 2.63. The Balaban J connectivity index is 0.000000132. The van der Waals surface area contributed by atoms with E-state index in [1.165, 1.54) is 0 Å². The van der Waals surface area contributed by atoms with Crippen molar-refractivity contribution >= 4 is 11.6 Å². The Bertz CT molecular complexity index is 121. The highest BCUT2D eigenvalue weighted by Crippen LogP contribution is 2.03. The SMILES string of the molecule is CC1OCCO1.ClCC1OCCO1. The van der Waals surface area contributed by atoms with Gasteiger partial charge in [-0.2, -0.15) is 0 Å². The van der Waals surface area contributed by atoms with Crippen LogP contribution in [0.5, 0.6) is 0 Å². The molecule has 0 aliphatic carbocycles. The van der Waals surface area contributed by atoms with Crippen LogP contribution in [0.25, 0.3) is 0 Å². The van der Waals surface area contributed by atoms with Gasteiger partial charge in [-0.1, -0.05) is 0 Å². The number of alkyl halides is 1. The van der Waals surface area contributed by atoms with Gasteiger partial charge < -0.3 is 18.9 Å². The molecule has 5 heteroatoms. The van der Waals surface area contributed by atoms with Crippen LogP contribution < -0.4 is 0 Å². The Kier molecular flexibility index (Phi) is 5.66. The van der Waals surface area contributed by atoms with Crippen molar-refractivity contribution in [1.82, 2.24) is 0 Å². The average molecular weight is 211 g/mol. The Morgan fingerprint density at radius 1 is 1.00 bits per heavy atom. The zero-order valence-corrected chi connectivity index (χ0v) is 8.46. The van der Waals surface area contributed by atoms with Crippen molar-refractivity contribution in [2.24, 2.45) is 0 Å². The van der Waals surface area contributed by atoms with Crippen LogP contribution >= 0.6 is 11.6 Å². The molecule has 2 aliphatic heterocycles. The molecule has 0 bridgehead atoms. The largest absolute Gasteiger partial charge is 0.351 e. The van der Waals surface area contributed by atoms with Crippen LogP contribution in [0, 0.1) is 0 Å². The summed E-state index contributed by atoms with van der Waals surface area (Å²) in [6.07, 6.45) is -0.0910. The van der Waals surface area contributed by atoms with E-state index in [-0.39, 0.29) is 12.6 Å². The summed E-state index contributed by atoms with van der Waals surface area (Å²) in [6, 6.07) is 0. The molecule has 2 heterocycles. The molecule has 0 atom stereocenters. The highest BCUT2D eigenvalue weighted by Gasteiger charge is 2.12. The molecule has 4 nitrogen and oxygen atoms in total. The highest BCUT2D eigenvalue weighted by atomic mass is 35.5. The predicted octanol–water partition coefficient (Wildman–Crippen LogP) is 0.977. The van der Waals surface area contributed by atoms with Gasteiger partial charge in [0.05, 0.1) is 32.3 Å². The summed E-state index contributed by atoms with van der Waals surface area (Å²) in [7, 11) is 0. The van der Waals surface area contributed by atoms with E-state index in [0.29, 0.717) is 19.1 Å². The van der Waals surface area contributed by atoms with Gasteiger partial charge in [0, 0.05) is 0 Å². The summed E-state index contributed by atoms with van der Waals surface area (Å²) in [6.45, 7) is 4.81. The predicted molar refractivity (Wildman–Crippen MR) is 47.8 cm³/mol. The molecule has 0 unspecified atom stereocenters. The lowest BCUT2D eigenvalue weighted by atomic mass is 10.8. The molecule has 2 aliphatic rings. The maximum absolute atomic E-state index is 5.36. The van der Waals surface area contributed by atoms with Crippen molar-refractivity contribution in [2.75, 3.05) is 32.3 Å². The average Bonchev–Trinajstić information content (AvgIpc) is 2.76. The van der Waals surface area contributed by atoms with Gasteiger partial charge in [0.2, 0.25) is 0 Å². The van der Waals surface area contributed by atoms with Gasteiger partial charge >= 0.3 is 0 Å². The third-order valence-corrected chi connectivity index (χ3v) is 1.86. The van der Waals surface area contributed by atoms with Crippen LogP contribution in [0.3, 0.4) is 0 Å². The van der Waals surface area contributed by atoms with Crippen LogP contribution in [0.1, 0.15) is 6.92 Å². The Morgan fingerprint density at radius 2 is 1.46 bits per heavy atom. The van der Waals surface area contributed by atoms with Crippen LogP contribution in [0.2, 0.25) is 0 Å². The Hall–Kier alpha value is 0.130. The van der Waals surface area contributed by atoms with E-state index >= 15 is 0 Å². The number of rotatable bonds is 1. The van der Waals surface area contributed by atoms with Crippen molar-refractivity contribution in [3.63, 3.8) is 0 Å². The maximum Gasteiger partial charge on any atom is 0.171 e. The number of hydrogen-bond acceptors (Lipinski definition) is 4. The third kappa shape index (κ3) is 4.78. The van der Waals surface area contributed by atoms with E-state index in [9.17, 15) is 0 Å². The fraction of sp³-hybridized carbons (Fsp3) is 1.00. The van der Waals surface area contributed by atoms with E-state index in [1.54, 1.807) is 0 Å². The molecule has 0 N–H and O–H groups in total. The number of halogens is 1. The molecule has 2 rings (SSSR count). The second kappa shape index (κ2) is 6.56. The summed E-state index contributed by atoms with van der Waals surface area (Å²) >= 11 is 5.36. The quantitative estimate of drug-likeness (QED) is 0.605. The van der Waals surface area contributed by atoms with Crippen LogP contribution in [-0.4, -0.2) is 44.9 Å². The summed E-state index contributed by atoms with van der Waals surface area (Å²) < 4.78 is 19.8. The van der Waals surface area contributed by atoms with E-state index in [4.69, 9.17) is 30.5 Å². The third-order valence-electron chi connectivity index (χ3n) is 1.61. The zero-order valence-electron chi connectivity index (χ0n) is 7.70. The molecule has 2 saturated heterocycles. The molecular weight excluding hydrogens is 196 g/mol. The fourth-order valence-electron chi connectivity index (χ4n) is 0.973. The Labute approximate surface area is 83.0 Å². The van der Waals surface area contributed by atoms with Crippen molar-refractivity contribution in [3.05, 3.63) is 0 Å². The van der Waals surface area contributed by atoms with Gasteiger partial charge in [-0.05, 0) is 6.92 Å². The molecule has 0 aromatic rings. The summed E-state index contributed by atoms with van der Waals surface area (Å²) in [5.74, 6) is 0.444. The molecule has 78 valence electrons. The highest BCUT2D eigenvalue weighted by molar-refractivity contribution is 6.18. The second-order valence-corrected chi connectivity index (χ2v) is 2.94. The molecule has 0 saturated carbocycles. The van der Waals surface area contributed by atoms with Gasteiger partial charge in [-0.25, -0.2) is 0 Å². The van der Waals surface area contributed by atoms with Gasteiger partial charge in [0.15, 0.2) is 12.6 Å². The minimum atomic E-state index is -0.137. The first-order valence-electron chi connectivity index (χ1n) is 4.35. The lowest BCUT2D eigenvalue weighted by molar-refractivity contribution is -0.0254. The van der Waals surface area contributed by atoms with E-state index < -0.39 is 0 Å². The molecule has 13 heavy (non-hydrogen) atoms. The topological polar surface area (TPSA) is 36.9 Å². The van der Waals surface area contributed by atoms with Crippen LogP contribution in [-0.2, 0) is 18.9 Å². The molecular formula is C8H15ClO4. The normalized spacial score (nSPS) is 24.5. The summed E-state index contributed by atoms with van der Waals surface area (Å²) in [5.41, 5.74) is 0. The zero-order chi connectivity index (χ0) is 9.52. The van der Waals surface area contributed by atoms with Crippen molar-refractivity contribution in [2.45, 2.75) is 19.5 Å². The summed E-state index contributed by atoms with van der Waals surface area (Å²) in [5, 5.41) is 0. The first-order chi connectivity index (χ1) is 6.33. The van der Waals surface area contributed by atoms with Crippen molar-refractivity contribution < 1.29 is 18.9 Å². The molecule has 2 fully saturated rings. The smallest absolute Gasteiger partial charge is 0.171 e. The number of hydrogen-bond donors (Lipinski definition) is 0. The lowest BCUT2D eigenvalue weighted by Crippen LogP contribution is -2.07. The minimum Gasteiger partial charge on any atom is -0.351 e. The lowest BCUT2D eigenvalue weighted by Gasteiger charge is -1.99. The van der Waals surface area contributed by atoms with Gasteiger partial charge in [-0.15, -0.1) is 11.6 Å². The molecule has 0 spiro atoms. The standard InChI is InChI=1S/C4H7ClO2.C4H8O2/c5-3-4-6-1-2-7-4;1-4-5-2-3-6-4/h4H,1-3H2;4H,2-3H2,1H3. The molecule has 0 aromatic heterocycles. The van der Waals surface area contributed by atoms with Crippen molar-refractivity contribution in [3.8, 4) is 0 Å². The van der Waals surface area contributed by atoms with Crippen molar-refractivity contribution in [1.29, 1.82) is 0 Å². The minimum absolute atomic E-state index is 0.0463. The summed E-state index contributed by atoms with van der Waals surface area (Å²) in [4.78, 5) is 0. The fourth-order valence-corrected chi connectivity index (χ4v) is 1.15. The van der Waals surface area contributed by atoms with Gasteiger partial charge in [0.1, 0.15) is 0 Å². The van der Waals surface area contributed by atoms with Gasteiger partial charge in [-0.3, -0.25) is 0 Å². The first-order valence-corrected chi connectivity index (χ1v) is 4.88.